The van der Waals surface area contributed by atoms with Gasteiger partial charge in [-0.1, -0.05) is 36.4 Å². The van der Waals surface area contributed by atoms with Gasteiger partial charge in [0.05, 0.1) is 18.0 Å². The Hall–Kier alpha value is -3.47. The monoisotopic (exact) mass is 330 g/mol. The van der Waals surface area contributed by atoms with E-state index in [0.29, 0.717) is 16.5 Å². The Morgan fingerprint density at radius 2 is 1.88 bits per heavy atom. The predicted octanol–water partition coefficient (Wildman–Crippen LogP) is 3.32. The number of benzene rings is 2. The molecule has 2 aromatic carbocycles. The molecule has 0 spiro atoms. The van der Waals surface area contributed by atoms with Crippen LogP contribution in [-0.4, -0.2) is 22.9 Å². The first kappa shape index (κ1) is 15.1. The number of pyridine rings is 2. The van der Waals surface area contributed by atoms with Crippen molar-refractivity contribution < 1.29 is 9.53 Å². The molecule has 0 aliphatic rings. The molecule has 0 unspecified atom stereocenters. The van der Waals surface area contributed by atoms with Gasteiger partial charge in [0.25, 0.3) is 0 Å². The Kier molecular flexibility index (Phi) is 3.54. The molecule has 5 nitrogen and oxygen atoms in total. The van der Waals surface area contributed by atoms with Gasteiger partial charge < -0.3 is 9.72 Å². The van der Waals surface area contributed by atoms with Crippen LogP contribution in [0.25, 0.3) is 21.7 Å². The van der Waals surface area contributed by atoms with Gasteiger partial charge in [-0.05, 0) is 22.9 Å². The molecule has 25 heavy (non-hydrogen) atoms. The molecule has 2 heterocycles. The minimum atomic E-state index is -0.392. The van der Waals surface area contributed by atoms with E-state index in [1.165, 1.54) is 13.3 Å². The lowest BCUT2D eigenvalue weighted by atomic mass is 9.99. The summed E-state index contributed by atoms with van der Waals surface area (Å²) < 4.78 is 5.27. The van der Waals surface area contributed by atoms with Crippen molar-refractivity contribution in [1.82, 2.24) is 9.97 Å². The number of carbonyl (C=O) groups is 1. The third kappa shape index (κ3) is 2.46. The maximum Gasteiger partial charge on any atom is 0.206 e. The van der Waals surface area contributed by atoms with Crippen LogP contribution >= 0.6 is 0 Å². The van der Waals surface area contributed by atoms with Gasteiger partial charge in [-0.2, -0.15) is 0 Å². The number of fused-ring (bicyclic) bond motifs is 2. The molecule has 0 bridgehead atoms. The molecule has 0 radical (unpaired) electrons. The van der Waals surface area contributed by atoms with Crippen molar-refractivity contribution in [1.29, 1.82) is 0 Å². The highest BCUT2D eigenvalue weighted by Crippen LogP contribution is 2.22. The SMILES string of the molecule is COc1[nH]c2ccncc2c(=O)c1C(=O)c1ccc2ccccc2c1. The van der Waals surface area contributed by atoms with Crippen LogP contribution in [0.1, 0.15) is 15.9 Å². The highest BCUT2D eigenvalue weighted by atomic mass is 16.5. The molecule has 1 N–H and O–H groups in total. The van der Waals surface area contributed by atoms with Crippen LogP contribution in [0.3, 0.4) is 0 Å². The lowest BCUT2D eigenvalue weighted by Gasteiger charge is -2.09. The van der Waals surface area contributed by atoms with E-state index in [-0.39, 0.29) is 17.2 Å². The zero-order valence-electron chi connectivity index (χ0n) is 13.4. The summed E-state index contributed by atoms with van der Waals surface area (Å²) in [5.74, 6) is -0.225. The van der Waals surface area contributed by atoms with Crippen LogP contribution in [0.5, 0.6) is 5.88 Å². The fourth-order valence-electron chi connectivity index (χ4n) is 2.94. The van der Waals surface area contributed by atoms with E-state index >= 15 is 0 Å². The van der Waals surface area contributed by atoms with Crippen LogP contribution in [0.2, 0.25) is 0 Å². The van der Waals surface area contributed by atoms with Crippen molar-refractivity contribution >= 4 is 27.5 Å². The molecule has 0 fully saturated rings. The van der Waals surface area contributed by atoms with Crippen molar-refractivity contribution in [3.05, 3.63) is 82.3 Å². The second-order valence-corrected chi connectivity index (χ2v) is 5.67. The molecule has 0 saturated heterocycles. The van der Waals surface area contributed by atoms with Gasteiger partial charge >= 0.3 is 0 Å². The molecular weight excluding hydrogens is 316 g/mol. The molecule has 4 aromatic rings. The van der Waals surface area contributed by atoms with Gasteiger partial charge in [-0.3, -0.25) is 14.6 Å². The number of hydrogen-bond acceptors (Lipinski definition) is 4. The summed E-state index contributed by atoms with van der Waals surface area (Å²) in [5, 5.41) is 2.32. The minimum absolute atomic E-state index is 0.0155. The second kappa shape index (κ2) is 5.87. The third-order valence-corrected chi connectivity index (χ3v) is 4.21. The van der Waals surface area contributed by atoms with Crippen molar-refractivity contribution in [2.75, 3.05) is 7.11 Å². The molecule has 122 valence electrons. The molecule has 0 atom stereocenters. The number of carbonyl (C=O) groups excluding carboxylic acids is 1. The summed E-state index contributed by atoms with van der Waals surface area (Å²) in [7, 11) is 1.43. The van der Waals surface area contributed by atoms with Crippen LogP contribution in [0.4, 0.5) is 0 Å². The van der Waals surface area contributed by atoms with Gasteiger partial charge in [0.1, 0.15) is 5.56 Å². The maximum atomic E-state index is 13.0. The summed E-state index contributed by atoms with van der Waals surface area (Å²) in [6.45, 7) is 0. The van der Waals surface area contributed by atoms with Crippen LogP contribution < -0.4 is 10.2 Å². The molecular formula is C20H14N2O3. The van der Waals surface area contributed by atoms with Gasteiger partial charge in [0.2, 0.25) is 17.1 Å². The fraction of sp³-hybridized carbons (Fsp3) is 0.0500. The average Bonchev–Trinajstić information content (AvgIpc) is 2.67. The molecule has 4 rings (SSSR count). The van der Waals surface area contributed by atoms with E-state index in [1.807, 2.05) is 30.3 Å². The smallest absolute Gasteiger partial charge is 0.206 e. The minimum Gasteiger partial charge on any atom is -0.482 e. The Morgan fingerprint density at radius 1 is 1.08 bits per heavy atom. The number of rotatable bonds is 3. The number of H-pyrrole nitrogens is 1. The van der Waals surface area contributed by atoms with E-state index in [1.54, 1.807) is 24.4 Å². The van der Waals surface area contributed by atoms with E-state index in [0.717, 1.165) is 10.8 Å². The maximum absolute atomic E-state index is 13.0. The molecule has 0 amide bonds. The summed E-state index contributed by atoms with van der Waals surface area (Å²) >= 11 is 0. The Morgan fingerprint density at radius 3 is 2.68 bits per heavy atom. The lowest BCUT2D eigenvalue weighted by Crippen LogP contribution is -2.19. The van der Waals surface area contributed by atoms with E-state index in [9.17, 15) is 9.59 Å². The second-order valence-electron chi connectivity index (χ2n) is 5.67. The Labute approximate surface area is 142 Å². The number of aromatic nitrogens is 2. The highest BCUT2D eigenvalue weighted by Gasteiger charge is 2.21. The summed E-state index contributed by atoms with van der Waals surface area (Å²) in [4.78, 5) is 32.8. The van der Waals surface area contributed by atoms with E-state index in [4.69, 9.17) is 4.74 Å². The van der Waals surface area contributed by atoms with Crippen LogP contribution in [-0.2, 0) is 0 Å². The Balaban J connectivity index is 1.94. The predicted molar refractivity (Wildman–Crippen MR) is 96.3 cm³/mol. The summed E-state index contributed by atoms with van der Waals surface area (Å²) in [6, 6.07) is 14.8. The number of nitrogens with one attached hydrogen (secondary N) is 1. The third-order valence-electron chi connectivity index (χ3n) is 4.21. The first-order valence-corrected chi connectivity index (χ1v) is 7.76. The van der Waals surface area contributed by atoms with Crippen LogP contribution in [0.15, 0.2) is 65.7 Å². The van der Waals surface area contributed by atoms with Crippen LogP contribution in [0, 0.1) is 0 Å². The normalized spacial score (nSPS) is 10.9. The first-order valence-electron chi connectivity index (χ1n) is 7.76. The standard InChI is InChI=1S/C20H14N2O3/c1-25-20-17(19(24)15-11-21-9-8-16(15)22-20)18(23)14-7-6-12-4-2-3-5-13(12)10-14/h2-11H,1H3,(H,22,24). The first-order chi connectivity index (χ1) is 12.2. The zero-order valence-corrected chi connectivity index (χ0v) is 13.4. The van der Waals surface area contributed by atoms with Gasteiger partial charge in [0.15, 0.2) is 0 Å². The van der Waals surface area contributed by atoms with Gasteiger partial charge in [-0.25, -0.2) is 0 Å². The molecule has 0 aliphatic carbocycles. The lowest BCUT2D eigenvalue weighted by molar-refractivity contribution is 0.103. The topological polar surface area (TPSA) is 72.0 Å². The van der Waals surface area contributed by atoms with E-state index in [2.05, 4.69) is 9.97 Å². The number of nitrogens with zero attached hydrogens (tertiary/aromatic N) is 1. The number of aromatic amines is 1. The van der Waals surface area contributed by atoms with Crippen molar-refractivity contribution in [2.24, 2.45) is 0 Å². The van der Waals surface area contributed by atoms with Crippen molar-refractivity contribution in [3.8, 4) is 5.88 Å². The fourth-order valence-corrected chi connectivity index (χ4v) is 2.94. The summed E-state index contributed by atoms with van der Waals surface area (Å²) in [6.07, 6.45) is 3.02. The summed E-state index contributed by atoms with van der Waals surface area (Å²) in [5.41, 5.74) is 0.604. The number of methoxy groups -OCH3 is 1. The number of hydrogen-bond donors (Lipinski definition) is 1. The molecule has 0 aliphatic heterocycles. The quantitative estimate of drug-likeness (QED) is 0.585. The largest absolute Gasteiger partial charge is 0.482 e. The van der Waals surface area contributed by atoms with E-state index < -0.39 is 5.43 Å². The zero-order chi connectivity index (χ0) is 17.4. The highest BCUT2D eigenvalue weighted by molar-refractivity contribution is 6.13. The molecule has 0 saturated carbocycles. The van der Waals surface area contributed by atoms with Gasteiger partial charge in [-0.15, -0.1) is 0 Å². The number of ether oxygens (including phenoxy) is 1. The average molecular weight is 330 g/mol. The Bertz CT molecular complexity index is 1180. The number of ketones is 1. The van der Waals surface area contributed by atoms with Gasteiger partial charge in [0, 0.05) is 18.0 Å². The molecule has 2 aromatic heterocycles. The molecule has 5 heteroatoms. The van der Waals surface area contributed by atoms with Crippen molar-refractivity contribution in [2.45, 2.75) is 0 Å². The van der Waals surface area contributed by atoms with Crippen molar-refractivity contribution in [3.63, 3.8) is 0 Å².